The van der Waals surface area contributed by atoms with Crippen molar-refractivity contribution in [1.29, 1.82) is 0 Å². The van der Waals surface area contributed by atoms with Crippen molar-refractivity contribution < 1.29 is 10.2 Å². The maximum Gasteiger partial charge on any atom is 0.145 e. The Morgan fingerprint density at radius 1 is 1.08 bits per heavy atom. The highest BCUT2D eigenvalue weighted by Crippen LogP contribution is 2.43. The van der Waals surface area contributed by atoms with Gasteiger partial charge in [-0.15, -0.1) is 0 Å². The first-order valence-corrected chi connectivity index (χ1v) is 7.85. The van der Waals surface area contributed by atoms with Crippen LogP contribution in [0.5, 0.6) is 0 Å². The molecule has 1 aliphatic rings. The minimum Gasteiger partial charge on any atom is -0.399 e. The monoisotopic (exact) mass is 325 g/mol. The summed E-state index contributed by atoms with van der Waals surface area (Å²) in [4.78, 5) is 8.26. The van der Waals surface area contributed by atoms with E-state index in [1.165, 1.54) is 6.33 Å². The normalized spacial score (nSPS) is 26.9. The van der Waals surface area contributed by atoms with Crippen molar-refractivity contribution in [3.63, 3.8) is 0 Å². The molecule has 1 fully saturated rings. The predicted octanol–water partition coefficient (Wildman–Crippen LogP) is 1.05. The van der Waals surface area contributed by atoms with Crippen LogP contribution in [-0.4, -0.2) is 37.0 Å². The number of aromatic nitrogens is 3. The van der Waals surface area contributed by atoms with Gasteiger partial charge in [0.1, 0.15) is 23.9 Å². The second kappa shape index (κ2) is 5.47. The average molecular weight is 325 g/mol. The Balaban J connectivity index is 1.73. The third kappa shape index (κ3) is 2.21. The molecular formula is C17H19N5O2. The Kier molecular flexibility index (Phi) is 3.40. The van der Waals surface area contributed by atoms with Crippen LogP contribution >= 0.6 is 0 Å². The van der Waals surface area contributed by atoms with Crippen molar-refractivity contribution in [3.8, 4) is 0 Å². The summed E-state index contributed by atoms with van der Waals surface area (Å²) in [6, 6.07) is 8.97. The van der Waals surface area contributed by atoms with Gasteiger partial charge in [-0.25, -0.2) is 9.97 Å². The molecule has 1 aromatic carbocycles. The lowest BCUT2D eigenvalue weighted by atomic mass is 9.95. The summed E-state index contributed by atoms with van der Waals surface area (Å²) < 4.78 is 1.87. The third-order valence-electron chi connectivity index (χ3n) is 4.89. The summed E-state index contributed by atoms with van der Waals surface area (Å²) in [6.07, 6.45) is 2.05. The standard InChI is InChI=1S/C17H19N5O2/c18-10-3-1-2-9(6-10)12-7-13(15(24)14(12)23)22-5-4-11-16(19)20-8-21-17(11)22/h1-6,8,12-15,23-24H,7,18H2,(H2,19,20,21)/t12-,13-,14-,15+/m1/s1. The van der Waals surface area contributed by atoms with Crippen LogP contribution in [0.4, 0.5) is 11.5 Å². The number of nitrogen functional groups attached to an aromatic ring is 2. The van der Waals surface area contributed by atoms with Crippen molar-refractivity contribution in [2.24, 2.45) is 0 Å². The molecule has 124 valence electrons. The van der Waals surface area contributed by atoms with E-state index >= 15 is 0 Å². The van der Waals surface area contributed by atoms with Crippen LogP contribution in [0.1, 0.15) is 23.9 Å². The van der Waals surface area contributed by atoms with Gasteiger partial charge in [0.2, 0.25) is 0 Å². The molecule has 24 heavy (non-hydrogen) atoms. The summed E-state index contributed by atoms with van der Waals surface area (Å²) in [7, 11) is 0. The van der Waals surface area contributed by atoms with Crippen molar-refractivity contribution >= 4 is 22.5 Å². The molecule has 0 amide bonds. The summed E-state index contributed by atoms with van der Waals surface area (Å²) in [5.41, 5.74) is 13.9. The Labute approximate surface area is 138 Å². The second-order valence-corrected chi connectivity index (χ2v) is 6.28. The number of fused-ring (bicyclic) bond motifs is 1. The molecule has 3 aromatic rings. The van der Waals surface area contributed by atoms with Gasteiger partial charge in [-0.3, -0.25) is 0 Å². The summed E-state index contributed by atoms with van der Waals surface area (Å²) in [5, 5.41) is 21.9. The fourth-order valence-electron chi connectivity index (χ4n) is 3.66. The van der Waals surface area contributed by atoms with E-state index in [9.17, 15) is 10.2 Å². The lowest BCUT2D eigenvalue weighted by molar-refractivity contribution is 0.0179. The number of hydrogen-bond donors (Lipinski definition) is 4. The van der Waals surface area contributed by atoms with Gasteiger partial charge in [0, 0.05) is 17.8 Å². The zero-order valence-electron chi connectivity index (χ0n) is 12.9. The highest BCUT2D eigenvalue weighted by Gasteiger charge is 2.43. The number of hydrogen-bond acceptors (Lipinski definition) is 6. The molecule has 4 atom stereocenters. The number of nitrogens with two attached hydrogens (primary N) is 2. The van der Waals surface area contributed by atoms with Crippen LogP contribution in [0.15, 0.2) is 42.9 Å². The fraction of sp³-hybridized carbons (Fsp3) is 0.294. The van der Waals surface area contributed by atoms with E-state index < -0.39 is 12.2 Å². The summed E-state index contributed by atoms with van der Waals surface area (Å²) in [5.74, 6) is 0.212. The van der Waals surface area contributed by atoms with Crippen LogP contribution in [0.2, 0.25) is 0 Å². The summed E-state index contributed by atoms with van der Waals surface area (Å²) >= 11 is 0. The van der Waals surface area contributed by atoms with Gasteiger partial charge in [-0.2, -0.15) is 0 Å². The fourth-order valence-corrected chi connectivity index (χ4v) is 3.66. The molecule has 0 radical (unpaired) electrons. The molecule has 0 spiro atoms. The predicted molar refractivity (Wildman–Crippen MR) is 91.2 cm³/mol. The van der Waals surface area contributed by atoms with Crippen molar-refractivity contribution in [1.82, 2.24) is 14.5 Å². The first-order valence-electron chi connectivity index (χ1n) is 7.85. The Bertz CT molecular complexity index is 894. The number of nitrogens with zero attached hydrogens (tertiary/aromatic N) is 3. The van der Waals surface area contributed by atoms with E-state index in [4.69, 9.17) is 11.5 Å². The second-order valence-electron chi connectivity index (χ2n) is 6.28. The van der Waals surface area contributed by atoms with Crippen molar-refractivity contribution in [3.05, 3.63) is 48.4 Å². The van der Waals surface area contributed by atoms with Gasteiger partial charge in [0.05, 0.1) is 17.5 Å². The molecular weight excluding hydrogens is 306 g/mol. The van der Waals surface area contributed by atoms with Gasteiger partial charge < -0.3 is 26.2 Å². The molecule has 2 heterocycles. The minimum atomic E-state index is -0.900. The Hall–Kier alpha value is -2.64. The SMILES string of the molecule is Nc1cccc([C@H]2C[C@@H](n3ccc4c(N)ncnc43)[C@H](O)[C@@H]2O)c1. The molecule has 7 nitrogen and oxygen atoms in total. The molecule has 7 heteroatoms. The topological polar surface area (TPSA) is 123 Å². The highest BCUT2D eigenvalue weighted by atomic mass is 16.3. The van der Waals surface area contributed by atoms with Crippen LogP contribution in [0.3, 0.4) is 0 Å². The number of rotatable bonds is 2. The van der Waals surface area contributed by atoms with Crippen LogP contribution in [0, 0.1) is 0 Å². The lowest BCUT2D eigenvalue weighted by Crippen LogP contribution is -2.28. The van der Waals surface area contributed by atoms with Crippen molar-refractivity contribution in [2.45, 2.75) is 30.6 Å². The van der Waals surface area contributed by atoms with E-state index in [0.717, 1.165) is 10.9 Å². The maximum atomic E-state index is 10.6. The average Bonchev–Trinajstić information content (AvgIpc) is 3.11. The molecule has 0 unspecified atom stereocenters. The van der Waals surface area contributed by atoms with Crippen LogP contribution in [0.25, 0.3) is 11.0 Å². The molecule has 1 aliphatic carbocycles. The maximum absolute atomic E-state index is 10.6. The Morgan fingerprint density at radius 3 is 2.71 bits per heavy atom. The van der Waals surface area contributed by atoms with Gasteiger partial charge in [0.15, 0.2) is 0 Å². The number of aliphatic hydroxyl groups excluding tert-OH is 2. The largest absolute Gasteiger partial charge is 0.399 e. The van der Waals surface area contributed by atoms with Gasteiger partial charge >= 0.3 is 0 Å². The number of anilines is 2. The molecule has 1 saturated carbocycles. The van der Waals surface area contributed by atoms with Gasteiger partial charge in [-0.05, 0) is 30.2 Å². The van der Waals surface area contributed by atoms with E-state index in [1.54, 1.807) is 6.07 Å². The van der Waals surface area contributed by atoms with Crippen LogP contribution in [-0.2, 0) is 0 Å². The van der Waals surface area contributed by atoms with E-state index in [1.807, 2.05) is 35.0 Å². The highest BCUT2D eigenvalue weighted by molar-refractivity contribution is 5.86. The zero-order valence-corrected chi connectivity index (χ0v) is 12.9. The first-order chi connectivity index (χ1) is 11.6. The lowest BCUT2D eigenvalue weighted by Gasteiger charge is -2.19. The minimum absolute atomic E-state index is 0.190. The number of benzene rings is 1. The van der Waals surface area contributed by atoms with Crippen LogP contribution < -0.4 is 11.5 Å². The molecule has 0 saturated heterocycles. The Morgan fingerprint density at radius 2 is 1.92 bits per heavy atom. The van der Waals surface area contributed by atoms with Gasteiger partial charge in [-0.1, -0.05) is 12.1 Å². The zero-order chi connectivity index (χ0) is 16.8. The molecule has 2 aromatic heterocycles. The van der Waals surface area contributed by atoms with Crippen molar-refractivity contribution in [2.75, 3.05) is 11.5 Å². The van der Waals surface area contributed by atoms with E-state index in [2.05, 4.69) is 9.97 Å². The molecule has 4 rings (SSSR count). The molecule has 0 bridgehead atoms. The molecule has 0 aliphatic heterocycles. The van der Waals surface area contributed by atoms with Gasteiger partial charge in [0.25, 0.3) is 0 Å². The smallest absolute Gasteiger partial charge is 0.145 e. The number of aliphatic hydroxyl groups is 2. The van der Waals surface area contributed by atoms with E-state index in [-0.39, 0.29) is 12.0 Å². The first kappa shape index (κ1) is 14.9. The summed E-state index contributed by atoms with van der Waals surface area (Å²) in [6.45, 7) is 0. The molecule has 6 N–H and O–H groups in total. The van der Waals surface area contributed by atoms with E-state index in [0.29, 0.717) is 23.6 Å². The third-order valence-corrected chi connectivity index (χ3v) is 4.89. The quantitative estimate of drug-likeness (QED) is 0.522.